The normalized spacial score (nSPS) is 10.8. The molecule has 0 fully saturated rings. The molecule has 0 saturated heterocycles. The molecular formula is C15H10F2N2O. The minimum atomic E-state index is -0.590. The fraction of sp³-hybridized carbons (Fsp3) is 0.0667. The Balaban J connectivity index is 2.33. The van der Waals surface area contributed by atoms with Gasteiger partial charge < -0.3 is 4.74 Å². The molecule has 1 heterocycles. The van der Waals surface area contributed by atoms with Crippen molar-refractivity contribution in [2.24, 2.45) is 0 Å². The Morgan fingerprint density at radius 2 is 1.95 bits per heavy atom. The van der Waals surface area contributed by atoms with Crippen LogP contribution in [0.5, 0.6) is 5.75 Å². The highest BCUT2D eigenvalue weighted by Gasteiger charge is 2.17. The topological polar surface area (TPSA) is 35.0 Å². The molecule has 0 atom stereocenters. The smallest absolute Gasteiger partial charge is 0.157 e. The first-order valence-electron chi connectivity index (χ1n) is 5.93. The highest BCUT2D eigenvalue weighted by molar-refractivity contribution is 5.86. The number of rotatable bonds is 2. The summed E-state index contributed by atoms with van der Waals surface area (Å²) >= 11 is 0. The van der Waals surface area contributed by atoms with Crippen LogP contribution in [0.1, 0.15) is 0 Å². The standard InChI is InChI=1S/C15H10F2N2O/c1-20-12-4-2-3-11(16)13(12)10-6-5-9-7-18-8-19-15(9)14(10)17/h2-8H,1H3. The van der Waals surface area contributed by atoms with Crippen molar-refractivity contribution in [3.63, 3.8) is 0 Å². The number of methoxy groups -OCH3 is 1. The van der Waals surface area contributed by atoms with E-state index in [0.717, 1.165) is 0 Å². The number of fused-ring (bicyclic) bond motifs is 1. The molecule has 0 N–H and O–H groups in total. The van der Waals surface area contributed by atoms with Crippen LogP contribution < -0.4 is 4.74 Å². The van der Waals surface area contributed by atoms with Gasteiger partial charge in [0.2, 0.25) is 0 Å². The molecule has 0 amide bonds. The molecule has 100 valence electrons. The average Bonchev–Trinajstić information content (AvgIpc) is 2.48. The Kier molecular flexibility index (Phi) is 3.02. The van der Waals surface area contributed by atoms with E-state index in [9.17, 15) is 8.78 Å². The van der Waals surface area contributed by atoms with Gasteiger partial charge >= 0.3 is 0 Å². The molecule has 0 saturated carbocycles. The van der Waals surface area contributed by atoms with E-state index >= 15 is 0 Å². The van der Waals surface area contributed by atoms with Gasteiger partial charge in [0.15, 0.2) is 5.82 Å². The lowest BCUT2D eigenvalue weighted by atomic mass is 10.0. The van der Waals surface area contributed by atoms with Gasteiger partial charge in [-0.2, -0.15) is 0 Å². The van der Waals surface area contributed by atoms with Crippen molar-refractivity contribution in [3.05, 3.63) is 54.5 Å². The second-order valence-corrected chi connectivity index (χ2v) is 4.20. The summed E-state index contributed by atoms with van der Waals surface area (Å²) < 4.78 is 33.7. The third kappa shape index (κ3) is 1.87. The van der Waals surface area contributed by atoms with E-state index < -0.39 is 11.6 Å². The lowest BCUT2D eigenvalue weighted by Gasteiger charge is -2.11. The molecule has 0 aliphatic rings. The zero-order chi connectivity index (χ0) is 14.1. The van der Waals surface area contributed by atoms with Crippen LogP contribution in [0.15, 0.2) is 42.9 Å². The Bertz CT molecular complexity index is 790. The second-order valence-electron chi connectivity index (χ2n) is 4.20. The first kappa shape index (κ1) is 12.5. The van der Waals surface area contributed by atoms with Gasteiger partial charge in [0.05, 0.1) is 12.7 Å². The van der Waals surface area contributed by atoms with Crippen LogP contribution in [0.25, 0.3) is 22.0 Å². The molecule has 20 heavy (non-hydrogen) atoms. The molecule has 5 heteroatoms. The SMILES string of the molecule is COc1cccc(F)c1-c1ccc2cncnc2c1F. The highest BCUT2D eigenvalue weighted by Crippen LogP contribution is 2.35. The second kappa shape index (κ2) is 4.85. The molecular weight excluding hydrogens is 262 g/mol. The predicted octanol–water partition coefficient (Wildman–Crippen LogP) is 3.58. The first-order chi connectivity index (χ1) is 9.72. The largest absolute Gasteiger partial charge is 0.496 e. The summed E-state index contributed by atoms with van der Waals surface area (Å²) in [6, 6.07) is 7.52. The van der Waals surface area contributed by atoms with Gasteiger partial charge in [0.1, 0.15) is 23.4 Å². The number of aromatic nitrogens is 2. The van der Waals surface area contributed by atoms with E-state index in [2.05, 4.69) is 9.97 Å². The number of hydrogen-bond acceptors (Lipinski definition) is 3. The van der Waals surface area contributed by atoms with Crippen molar-refractivity contribution in [1.29, 1.82) is 0 Å². The van der Waals surface area contributed by atoms with Crippen molar-refractivity contribution in [1.82, 2.24) is 9.97 Å². The molecule has 3 aromatic rings. The fourth-order valence-corrected chi connectivity index (χ4v) is 2.15. The summed E-state index contributed by atoms with van der Waals surface area (Å²) in [6.07, 6.45) is 2.77. The lowest BCUT2D eigenvalue weighted by Crippen LogP contribution is -1.96. The average molecular weight is 272 g/mol. The molecule has 3 rings (SSSR count). The van der Waals surface area contributed by atoms with Crippen LogP contribution in [-0.2, 0) is 0 Å². The van der Waals surface area contributed by atoms with E-state index in [-0.39, 0.29) is 22.4 Å². The zero-order valence-electron chi connectivity index (χ0n) is 10.6. The summed E-state index contributed by atoms with van der Waals surface area (Å²) in [4.78, 5) is 7.73. The van der Waals surface area contributed by atoms with Crippen LogP contribution in [0.3, 0.4) is 0 Å². The number of ether oxygens (including phenoxy) is 1. The van der Waals surface area contributed by atoms with E-state index in [1.165, 1.54) is 37.8 Å². The molecule has 0 spiro atoms. The van der Waals surface area contributed by atoms with Crippen LogP contribution in [0, 0.1) is 11.6 Å². The number of halogens is 2. The van der Waals surface area contributed by atoms with Crippen LogP contribution in [-0.4, -0.2) is 17.1 Å². The molecule has 0 aliphatic carbocycles. The quantitative estimate of drug-likeness (QED) is 0.715. The number of nitrogens with zero attached hydrogens (tertiary/aromatic N) is 2. The highest BCUT2D eigenvalue weighted by atomic mass is 19.1. The maximum absolute atomic E-state index is 14.5. The van der Waals surface area contributed by atoms with E-state index in [1.54, 1.807) is 12.1 Å². The molecule has 0 aliphatic heterocycles. The Labute approximate surface area is 113 Å². The van der Waals surface area contributed by atoms with Crippen molar-refractivity contribution >= 4 is 10.9 Å². The minimum absolute atomic E-state index is 0.0908. The summed E-state index contributed by atoms with van der Waals surface area (Å²) in [5.74, 6) is -0.859. The molecule has 0 unspecified atom stereocenters. The zero-order valence-corrected chi connectivity index (χ0v) is 10.6. The lowest BCUT2D eigenvalue weighted by molar-refractivity contribution is 0.413. The van der Waals surface area contributed by atoms with Crippen LogP contribution >= 0.6 is 0 Å². The maximum Gasteiger partial charge on any atom is 0.157 e. The Morgan fingerprint density at radius 3 is 2.75 bits per heavy atom. The predicted molar refractivity (Wildman–Crippen MR) is 71.4 cm³/mol. The van der Waals surface area contributed by atoms with Gasteiger partial charge in [-0.05, 0) is 12.1 Å². The summed E-state index contributed by atoms with van der Waals surface area (Å²) in [7, 11) is 1.42. The van der Waals surface area contributed by atoms with Gasteiger partial charge in [-0.1, -0.05) is 18.2 Å². The van der Waals surface area contributed by atoms with Crippen molar-refractivity contribution in [2.45, 2.75) is 0 Å². The summed E-state index contributed by atoms with van der Waals surface area (Å²) in [6.45, 7) is 0. The van der Waals surface area contributed by atoms with E-state index in [4.69, 9.17) is 4.74 Å². The van der Waals surface area contributed by atoms with Gasteiger partial charge in [-0.15, -0.1) is 0 Å². The Morgan fingerprint density at radius 1 is 1.10 bits per heavy atom. The van der Waals surface area contributed by atoms with E-state index in [1.807, 2.05) is 0 Å². The number of hydrogen-bond donors (Lipinski definition) is 0. The third-order valence-corrected chi connectivity index (χ3v) is 3.08. The van der Waals surface area contributed by atoms with Gasteiger partial charge in [-0.25, -0.2) is 18.7 Å². The monoisotopic (exact) mass is 272 g/mol. The summed E-state index contributed by atoms with van der Waals surface area (Å²) in [5, 5.41) is 0.559. The van der Waals surface area contributed by atoms with Crippen molar-refractivity contribution in [2.75, 3.05) is 7.11 Å². The van der Waals surface area contributed by atoms with E-state index in [0.29, 0.717) is 5.39 Å². The van der Waals surface area contributed by atoms with Crippen molar-refractivity contribution < 1.29 is 13.5 Å². The van der Waals surface area contributed by atoms with Gasteiger partial charge in [0, 0.05) is 17.1 Å². The first-order valence-corrected chi connectivity index (χ1v) is 5.93. The molecule has 2 aromatic carbocycles. The van der Waals surface area contributed by atoms with Gasteiger partial charge in [0.25, 0.3) is 0 Å². The van der Waals surface area contributed by atoms with Crippen LogP contribution in [0.2, 0.25) is 0 Å². The van der Waals surface area contributed by atoms with Crippen LogP contribution in [0.4, 0.5) is 8.78 Å². The van der Waals surface area contributed by atoms with Crippen molar-refractivity contribution in [3.8, 4) is 16.9 Å². The molecule has 1 aromatic heterocycles. The summed E-state index contributed by atoms with van der Waals surface area (Å²) in [5.41, 5.74) is 0.363. The molecule has 3 nitrogen and oxygen atoms in total. The Hall–Kier alpha value is -2.56. The molecule has 0 bridgehead atoms. The third-order valence-electron chi connectivity index (χ3n) is 3.08. The minimum Gasteiger partial charge on any atom is -0.496 e. The van der Waals surface area contributed by atoms with Gasteiger partial charge in [-0.3, -0.25) is 0 Å². The maximum atomic E-state index is 14.5. The number of benzene rings is 2. The molecule has 0 radical (unpaired) electrons. The fourth-order valence-electron chi connectivity index (χ4n) is 2.15.